The summed E-state index contributed by atoms with van der Waals surface area (Å²) in [5, 5.41) is 21.1. The SMILES string of the molecule is CC1(C)C(O)CC1NC(=O)c1ccc(C#N)cn1. The number of nitriles is 1. The van der Waals surface area contributed by atoms with Gasteiger partial charge in [0.25, 0.3) is 5.91 Å². The summed E-state index contributed by atoms with van der Waals surface area (Å²) in [5.41, 5.74) is 0.402. The number of aromatic nitrogens is 1. The molecule has 1 fully saturated rings. The molecule has 0 bridgehead atoms. The first-order valence-corrected chi connectivity index (χ1v) is 5.80. The molecule has 1 heterocycles. The van der Waals surface area contributed by atoms with Gasteiger partial charge in [-0.05, 0) is 18.6 Å². The highest BCUT2D eigenvalue weighted by molar-refractivity contribution is 5.92. The Balaban J connectivity index is 2.03. The minimum absolute atomic E-state index is 0.0440. The van der Waals surface area contributed by atoms with Gasteiger partial charge in [-0.2, -0.15) is 5.26 Å². The second-order valence-electron chi connectivity index (χ2n) is 5.14. The number of pyridine rings is 1. The molecule has 1 aliphatic carbocycles. The fourth-order valence-electron chi connectivity index (χ4n) is 1.97. The first kappa shape index (κ1) is 12.5. The molecule has 2 rings (SSSR count). The molecule has 2 atom stereocenters. The Labute approximate surface area is 105 Å². The van der Waals surface area contributed by atoms with Crippen molar-refractivity contribution in [1.29, 1.82) is 5.26 Å². The van der Waals surface area contributed by atoms with E-state index in [1.807, 2.05) is 19.9 Å². The summed E-state index contributed by atoms with van der Waals surface area (Å²) in [6, 6.07) is 4.99. The fourth-order valence-corrected chi connectivity index (χ4v) is 1.97. The van der Waals surface area contributed by atoms with Gasteiger partial charge in [0.1, 0.15) is 11.8 Å². The predicted octanol–water partition coefficient (Wildman–Crippen LogP) is 0.842. The highest BCUT2D eigenvalue weighted by atomic mass is 16.3. The summed E-state index contributed by atoms with van der Waals surface area (Å²) in [6.07, 6.45) is 1.56. The van der Waals surface area contributed by atoms with Gasteiger partial charge < -0.3 is 10.4 Å². The fraction of sp³-hybridized carbons (Fsp3) is 0.462. The van der Waals surface area contributed by atoms with Gasteiger partial charge in [0, 0.05) is 17.7 Å². The molecular formula is C13H15N3O2. The summed E-state index contributed by atoms with van der Waals surface area (Å²) in [7, 11) is 0. The van der Waals surface area contributed by atoms with Crippen molar-refractivity contribution in [3.05, 3.63) is 29.6 Å². The van der Waals surface area contributed by atoms with Crippen molar-refractivity contribution >= 4 is 5.91 Å². The smallest absolute Gasteiger partial charge is 0.270 e. The zero-order valence-corrected chi connectivity index (χ0v) is 10.3. The van der Waals surface area contributed by atoms with E-state index in [4.69, 9.17) is 5.26 Å². The van der Waals surface area contributed by atoms with Gasteiger partial charge in [0.2, 0.25) is 0 Å². The van der Waals surface area contributed by atoms with E-state index in [0.29, 0.717) is 12.0 Å². The molecule has 18 heavy (non-hydrogen) atoms. The minimum Gasteiger partial charge on any atom is -0.392 e. The maximum Gasteiger partial charge on any atom is 0.270 e. The maximum absolute atomic E-state index is 11.9. The normalized spacial score (nSPS) is 24.8. The number of hydrogen-bond donors (Lipinski definition) is 2. The van der Waals surface area contributed by atoms with E-state index in [0.717, 1.165) is 0 Å². The van der Waals surface area contributed by atoms with Crippen molar-refractivity contribution in [2.45, 2.75) is 32.4 Å². The van der Waals surface area contributed by atoms with Crippen LogP contribution in [-0.2, 0) is 0 Å². The zero-order valence-electron chi connectivity index (χ0n) is 10.3. The standard InChI is InChI=1S/C13H15N3O2/c1-13(2)10(5-11(13)17)16-12(18)9-4-3-8(6-14)7-15-9/h3-4,7,10-11,17H,5H2,1-2H3,(H,16,18). The van der Waals surface area contributed by atoms with Crippen molar-refractivity contribution < 1.29 is 9.90 Å². The molecule has 0 spiro atoms. The number of rotatable bonds is 2. The van der Waals surface area contributed by atoms with Crippen molar-refractivity contribution in [1.82, 2.24) is 10.3 Å². The molecule has 5 nitrogen and oxygen atoms in total. The Bertz CT molecular complexity index is 502. The van der Waals surface area contributed by atoms with Crippen LogP contribution in [0.25, 0.3) is 0 Å². The third kappa shape index (κ3) is 2.07. The topological polar surface area (TPSA) is 86.0 Å². The predicted molar refractivity (Wildman–Crippen MR) is 64.6 cm³/mol. The summed E-state index contributed by atoms with van der Waals surface area (Å²) in [5.74, 6) is -0.274. The monoisotopic (exact) mass is 245 g/mol. The molecule has 1 saturated carbocycles. The van der Waals surface area contributed by atoms with Gasteiger partial charge in [0.05, 0.1) is 11.7 Å². The molecule has 0 saturated heterocycles. The summed E-state index contributed by atoms with van der Waals surface area (Å²) in [4.78, 5) is 15.8. The quantitative estimate of drug-likeness (QED) is 0.808. The Morgan fingerprint density at radius 1 is 1.61 bits per heavy atom. The second-order valence-corrected chi connectivity index (χ2v) is 5.14. The molecule has 0 aromatic carbocycles. The highest BCUT2D eigenvalue weighted by Crippen LogP contribution is 2.40. The number of nitrogens with one attached hydrogen (secondary N) is 1. The van der Waals surface area contributed by atoms with E-state index in [2.05, 4.69) is 10.3 Å². The molecule has 1 amide bonds. The molecule has 5 heteroatoms. The molecule has 0 aliphatic heterocycles. The van der Waals surface area contributed by atoms with E-state index < -0.39 is 0 Å². The third-order valence-electron chi connectivity index (χ3n) is 3.65. The van der Waals surface area contributed by atoms with Gasteiger partial charge in [0.15, 0.2) is 0 Å². The van der Waals surface area contributed by atoms with Crippen LogP contribution in [0.3, 0.4) is 0 Å². The Morgan fingerprint density at radius 3 is 2.78 bits per heavy atom. The van der Waals surface area contributed by atoms with Gasteiger partial charge in [-0.1, -0.05) is 13.8 Å². The molecule has 1 aromatic rings. The largest absolute Gasteiger partial charge is 0.392 e. The van der Waals surface area contributed by atoms with E-state index in [-0.39, 0.29) is 29.2 Å². The average molecular weight is 245 g/mol. The number of aliphatic hydroxyl groups excluding tert-OH is 1. The van der Waals surface area contributed by atoms with Crippen LogP contribution in [-0.4, -0.2) is 28.1 Å². The van der Waals surface area contributed by atoms with Gasteiger partial charge in [-0.3, -0.25) is 4.79 Å². The molecule has 1 aromatic heterocycles. The van der Waals surface area contributed by atoms with Crippen molar-refractivity contribution in [3.8, 4) is 6.07 Å². The van der Waals surface area contributed by atoms with Crippen LogP contribution >= 0.6 is 0 Å². The lowest BCUT2D eigenvalue weighted by molar-refractivity contribution is -0.0690. The van der Waals surface area contributed by atoms with Crippen LogP contribution in [0.15, 0.2) is 18.3 Å². The maximum atomic E-state index is 11.9. The Morgan fingerprint density at radius 2 is 2.33 bits per heavy atom. The lowest BCUT2D eigenvalue weighted by atomic mass is 9.64. The van der Waals surface area contributed by atoms with Crippen LogP contribution in [0.4, 0.5) is 0 Å². The van der Waals surface area contributed by atoms with Crippen LogP contribution in [0.1, 0.15) is 36.3 Å². The third-order valence-corrected chi connectivity index (χ3v) is 3.65. The van der Waals surface area contributed by atoms with E-state index in [1.165, 1.54) is 12.3 Å². The van der Waals surface area contributed by atoms with Crippen molar-refractivity contribution in [2.75, 3.05) is 0 Å². The number of hydrogen-bond acceptors (Lipinski definition) is 4. The highest BCUT2D eigenvalue weighted by Gasteiger charge is 2.48. The average Bonchev–Trinajstić information content (AvgIpc) is 2.38. The molecule has 0 radical (unpaired) electrons. The molecule has 2 unspecified atom stereocenters. The number of carbonyl (C=O) groups is 1. The summed E-state index contributed by atoms with van der Waals surface area (Å²) < 4.78 is 0. The van der Waals surface area contributed by atoms with Gasteiger partial charge >= 0.3 is 0 Å². The molecule has 1 aliphatic rings. The van der Waals surface area contributed by atoms with E-state index in [1.54, 1.807) is 6.07 Å². The second kappa shape index (κ2) is 4.39. The summed E-state index contributed by atoms with van der Waals surface area (Å²) in [6.45, 7) is 3.83. The van der Waals surface area contributed by atoms with Gasteiger partial charge in [-0.25, -0.2) is 4.98 Å². The van der Waals surface area contributed by atoms with Crippen molar-refractivity contribution in [3.63, 3.8) is 0 Å². The van der Waals surface area contributed by atoms with Crippen LogP contribution in [0.2, 0.25) is 0 Å². The van der Waals surface area contributed by atoms with Crippen LogP contribution < -0.4 is 5.32 Å². The lowest BCUT2D eigenvalue weighted by Crippen LogP contribution is -2.61. The number of carbonyl (C=O) groups excluding carboxylic acids is 1. The van der Waals surface area contributed by atoms with Crippen LogP contribution in [0, 0.1) is 16.7 Å². The van der Waals surface area contributed by atoms with Crippen LogP contribution in [0.5, 0.6) is 0 Å². The molecule has 2 N–H and O–H groups in total. The van der Waals surface area contributed by atoms with Gasteiger partial charge in [-0.15, -0.1) is 0 Å². The summed E-state index contributed by atoms with van der Waals surface area (Å²) >= 11 is 0. The molecular weight excluding hydrogens is 230 g/mol. The Kier molecular flexibility index (Phi) is 3.05. The minimum atomic E-state index is -0.378. The lowest BCUT2D eigenvalue weighted by Gasteiger charge is -2.49. The first-order chi connectivity index (χ1) is 8.45. The van der Waals surface area contributed by atoms with E-state index >= 15 is 0 Å². The molecule has 94 valence electrons. The first-order valence-electron chi connectivity index (χ1n) is 5.80. The number of aliphatic hydroxyl groups is 1. The Hall–Kier alpha value is -1.93. The number of nitrogens with zero attached hydrogens (tertiary/aromatic N) is 2. The number of amides is 1. The van der Waals surface area contributed by atoms with Crippen molar-refractivity contribution in [2.24, 2.45) is 5.41 Å². The van der Waals surface area contributed by atoms with E-state index in [9.17, 15) is 9.90 Å². The zero-order chi connectivity index (χ0) is 13.3.